The van der Waals surface area contributed by atoms with Crippen LogP contribution < -0.4 is 9.47 Å². The molecule has 4 heterocycles. The monoisotopic (exact) mass is 417 g/mol. The number of likely N-dealkylation sites (N-methyl/N-ethyl adjacent to an activating group) is 1. The van der Waals surface area contributed by atoms with Crippen molar-refractivity contribution in [1.82, 2.24) is 14.8 Å². The third-order valence-electron chi connectivity index (χ3n) is 6.68. The van der Waals surface area contributed by atoms with E-state index in [4.69, 9.17) is 9.47 Å². The number of rotatable bonds is 1. The molecular weight excluding hydrogens is 394 g/mol. The number of Topliss-reactive ketones (excluding diaryl/α,β-unsaturated/α-hetero) is 1. The van der Waals surface area contributed by atoms with Crippen molar-refractivity contribution in [1.29, 1.82) is 0 Å². The Morgan fingerprint density at radius 3 is 2.74 bits per heavy atom. The molecule has 1 fully saturated rings. The van der Waals surface area contributed by atoms with Gasteiger partial charge in [0, 0.05) is 42.0 Å². The number of carbonyl (C=O) groups excluding carboxylic acids is 2. The molecule has 1 saturated heterocycles. The van der Waals surface area contributed by atoms with E-state index < -0.39 is 6.04 Å². The first-order valence-corrected chi connectivity index (χ1v) is 10.6. The van der Waals surface area contributed by atoms with Gasteiger partial charge in [-0.2, -0.15) is 0 Å². The van der Waals surface area contributed by atoms with Crippen LogP contribution >= 0.6 is 0 Å². The highest BCUT2D eigenvalue weighted by molar-refractivity contribution is 5.93. The Kier molecular flexibility index (Phi) is 4.08. The lowest BCUT2D eigenvalue weighted by atomic mass is 9.82. The van der Waals surface area contributed by atoms with Gasteiger partial charge in [0.1, 0.15) is 0 Å². The molecule has 3 aliphatic heterocycles. The standard InChI is InChI=1S/C24H23N3O4/c1-26-7-6-20(28)19-8-14-9-21-22(31-13-30-21)10-16(14)24(27(19)23(29)12-26)17-11-25-18-5-3-2-4-15(17)18/h2-5,9-11,19,24-25H,6-8,12-13H2,1H3. The summed E-state index contributed by atoms with van der Waals surface area (Å²) in [5.41, 5.74) is 4.03. The number of para-hydroxylation sites is 1. The summed E-state index contributed by atoms with van der Waals surface area (Å²) < 4.78 is 11.3. The Balaban J connectivity index is 1.59. The predicted octanol–water partition coefficient (Wildman–Crippen LogP) is 2.64. The van der Waals surface area contributed by atoms with E-state index in [-0.39, 0.29) is 24.5 Å². The largest absolute Gasteiger partial charge is 0.454 e. The molecule has 0 aliphatic carbocycles. The van der Waals surface area contributed by atoms with Crippen LogP contribution in [-0.4, -0.2) is 59.4 Å². The second-order valence-electron chi connectivity index (χ2n) is 8.57. The molecule has 0 saturated carbocycles. The zero-order valence-corrected chi connectivity index (χ0v) is 17.3. The first-order valence-electron chi connectivity index (χ1n) is 10.6. The fourth-order valence-electron chi connectivity index (χ4n) is 5.15. The molecule has 7 heteroatoms. The minimum Gasteiger partial charge on any atom is -0.454 e. The summed E-state index contributed by atoms with van der Waals surface area (Å²) in [7, 11) is 1.89. The van der Waals surface area contributed by atoms with Gasteiger partial charge in [0.15, 0.2) is 17.3 Å². The van der Waals surface area contributed by atoms with Crippen LogP contribution in [-0.2, 0) is 16.0 Å². The molecular formula is C24H23N3O4. The molecule has 3 aromatic rings. The number of hydrogen-bond donors (Lipinski definition) is 1. The van der Waals surface area contributed by atoms with Gasteiger partial charge in [0.2, 0.25) is 12.7 Å². The zero-order valence-electron chi connectivity index (χ0n) is 17.3. The molecule has 2 aromatic carbocycles. The summed E-state index contributed by atoms with van der Waals surface area (Å²) in [5.74, 6) is 1.46. The molecule has 7 nitrogen and oxygen atoms in total. The van der Waals surface area contributed by atoms with Gasteiger partial charge in [0.25, 0.3) is 0 Å². The fraction of sp³-hybridized carbons (Fsp3) is 0.333. The number of benzene rings is 2. The van der Waals surface area contributed by atoms with Crippen LogP contribution in [0.25, 0.3) is 10.9 Å². The van der Waals surface area contributed by atoms with Crippen LogP contribution in [0.5, 0.6) is 11.5 Å². The average molecular weight is 417 g/mol. The first-order chi connectivity index (χ1) is 15.1. The zero-order chi connectivity index (χ0) is 21.1. The number of ketones is 1. The number of aromatic nitrogens is 1. The van der Waals surface area contributed by atoms with Gasteiger partial charge >= 0.3 is 0 Å². The van der Waals surface area contributed by atoms with Crippen LogP contribution in [0.1, 0.15) is 29.2 Å². The van der Waals surface area contributed by atoms with Crippen molar-refractivity contribution in [3.05, 3.63) is 59.3 Å². The lowest BCUT2D eigenvalue weighted by Crippen LogP contribution is -2.55. The Morgan fingerprint density at radius 2 is 1.87 bits per heavy atom. The van der Waals surface area contributed by atoms with Gasteiger partial charge in [0.05, 0.1) is 18.6 Å². The molecule has 2 atom stereocenters. The lowest BCUT2D eigenvalue weighted by Gasteiger charge is -2.44. The van der Waals surface area contributed by atoms with E-state index in [0.717, 1.165) is 27.6 Å². The maximum atomic E-state index is 13.5. The molecule has 6 rings (SSSR count). The number of nitrogens with zero attached hydrogens (tertiary/aromatic N) is 2. The Morgan fingerprint density at radius 1 is 1.06 bits per heavy atom. The van der Waals surface area contributed by atoms with E-state index in [1.165, 1.54) is 0 Å². The maximum Gasteiger partial charge on any atom is 0.238 e. The summed E-state index contributed by atoms with van der Waals surface area (Å²) in [6, 6.07) is 11.2. The third kappa shape index (κ3) is 2.84. The Hall–Kier alpha value is -3.32. The second kappa shape index (κ2) is 6.85. The Bertz CT molecular complexity index is 1220. The van der Waals surface area contributed by atoms with Gasteiger partial charge in [-0.25, -0.2) is 0 Å². The number of hydrogen-bond acceptors (Lipinski definition) is 5. The highest BCUT2D eigenvalue weighted by atomic mass is 16.7. The van der Waals surface area contributed by atoms with Gasteiger partial charge in [-0.3, -0.25) is 14.5 Å². The van der Waals surface area contributed by atoms with E-state index >= 15 is 0 Å². The minimum atomic E-state index is -0.479. The number of amides is 1. The van der Waals surface area contributed by atoms with Crippen molar-refractivity contribution in [2.45, 2.75) is 24.9 Å². The molecule has 0 bridgehead atoms. The van der Waals surface area contributed by atoms with E-state index in [1.54, 1.807) is 0 Å². The van der Waals surface area contributed by atoms with Gasteiger partial charge in [-0.05, 0) is 36.4 Å². The summed E-state index contributed by atoms with van der Waals surface area (Å²) in [4.78, 5) is 33.8. The number of H-pyrrole nitrogens is 1. The predicted molar refractivity (Wildman–Crippen MR) is 114 cm³/mol. The van der Waals surface area contributed by atoms with E-state index in [1.807, 2.05) is 53.4 Å². The van der Waals surface area contributed by atoms with Crippen molar-refractivity contribution >= 4 is 22.6 Å². The first kappa shape index (κ1) is 18.4. The van der Waals surface area contributed by atoms with E-state index in [2.05, 4.69) is 11.1 Å². The molecule has 31 heavy (non-hydrogen) atoms. The van der Waals surface area contributed by atoms with E-state index in [0.29, 0.717) is 37.4 Å². The van der Waals surface area contributed by atoms with Crippen LogP contribution in [0.3, 0.4) is 0 Å². The van der Waals surface area contributed by atoms with E-state index in [9.17, 15) is 9.59 Å². The normalized spacial score (nSPS) is 23.5. The molecule has 3 aliphatic rings. The molecule has 1 amide bonds. The summed E-state index contributed by atoms with van der Waals surface area (Å²) in [5, 5.41) is 1.05. The van der Waals surface area contributed by atoms with Crippen LogP contribution in [0, 0.1) is 0 Å². The number of ether oxygens (including phenoxy) is 2. The minimum absolute atomic E-state index is 0.0286. The fourth-order valence-corrected chi connectivity index (χ4v) is 5.15. The van der Waals surface area contributed by atoms with Crippen molar-refractivity contribution in [3.8, 4) is 11.5 Å². The summed E-state index contributed by atoms with van der Waals surface area (Å²) >= 11 is 0. The topological polar surface area (TPSA) is 74.9 Å². The van der Waals surface area contributed by atoms with Gasteiger partial charge < -0.3 is 19.4 Å². The molecule has 0 spiro atoms. The van der Waals surface area contributed by atoms with Crippen molar-refractivity contribution in [2.75, 3.05) is 26.9 Å². The van der Waals surface area contributed by atoms with Gasteiger partial charge in [-0.1, -0.05) is 18.2 Å². The molecule has 2 unspecified atom stereocenters. The Labute approximate surface area is 179 Å². The maximum absolute atomic E-state index is 13.5. The quantitative estimate of drug-likeness (QED) is 0.659. The van der Waals surface area contributed by atoms with Crippen LogP contribution in [0.15, 0.2) is 42.6 Å². The van der Waals surface area contributed by atoms with Crippen molar-refractivity contribution in [2.24, 2.45) is 0 Å². The molecule has 1 aromatic heterocycles. The van der Waals surface area contributed by atoms with Crippen LogP contribution in [0.2, 0.25) is 0 Å². The third-order valence-corrected chi connectivity index (χ3v) is 6.68. The highest BCUT2D eigenvalue weighted by Crippen LogP contribution is 2.46. The number of fused-ring (bicyclic) bond motifs is 4. The smallest absolute Gasteiger partial charge is 0.238 e. The lowest BCUT2D eigenvalue weighted by molar-refractivity contribution is -0.145. The number of nitrogens with one attached hydrogen (secondary N) is 1. The van der Waals surface area contributed by atoms with Crippen molar-refractivity contribution < 1.29 is 19.1 Å². The SMILES string of the molecule is CN1CCC(=O)C2Cc3cc4c(cc3C(c3c[nH]c5ccccc35)N2C(=O)C1)OCO4. The summed E-state index contributed by atoms with van der Waals surface area (Å²) in [6.07, 6.45) is 2.90. The number of aromatic amines is 1. The van der Waals surface area contributed by atoms with Gasteiger partial charge in [-0.15, -0.1) is 0 Å². The second-order valence-corrected chi connectivity index (χ2v) is 8.57. The van der Waals surface area contributed by atoms with Crippen LogP contribution in [0.4, 0.5) is 0 Å². The summed E-state index contributed by atoms with van der Waals surface area (Å²) in [6.45, 7) is 1.08. The molecule has 0 radical (unpaired) electrons. The average Bonchev–Trinajstić information content (AvgIpc) is 3.40. The molecule has 158 valence electrons. The number of carbonyl (C=O) groups is 2. The molecule has 1 N–H and O–H groups in total. The highest BCUT2D eigenvalue weighted by Gasteiger charge is 2.44. The van der Waals surface area contributed by atoms with Crippen molar-refractivity contribution in [3.63, 3.8) is 0 Å².